The lowest BCUT2D eigenvalue weighted by Gasteiger charge is -2.17. The average Bonchev–Trinajstić information content (AvgIpc) is 2.47. The fourth-order valence-electron chi connectivity index (χ4n) is 2.36. The number of nitrogens with one attached hydrogen (secondary N) is 1. The van der Waals surface area contributed by atoms with Gasteiger partial charge in [-0.2, -0.15) is 0 Å². The van der Waals surface area contributed by atoms with Gasteiger partial charge in [-0.15, -0.1) is 0 Å². The van der Waals surface area contributed by atoms with Crippen LogP contribution >= 0.6 is 0 Å². The molecule has 4 heteroatoms. The Morgan fingerprint density at radius 1 is 0.895 bits per heavy atom. The molecule has 0 amide bonds. The largest absolute Gasteiger partial charge is 0.312 e. The van der Waals surface area contributed by atoms with Crippen molar-refractivity contribution in [3.63, 3.8) is 0 Å². The van der Waals surface area contributed by atoms with E-state index in [4.69, 9.17) is 0 Å². The monoisotopic (exact) mass is 273 g/mol. The molecule has 98 valence electrons. The number of fused-ring (bicyclic) bond motifs is 1. The molecule has 0 saturated heterocycles. The molecular weight excluding hydrogens is 258 g/mol. The van der Waals surface area contributed by atoms with Gasteiger partial charge in [0.1, 0.15) is 0 Å². The van der Waals surface area contributed by atoms with Gasteiger partial charge in [-0.1, -0.05) is 24.3 Å². The molecule has 1 aliphatic rings. The number of hydrogen-bond acceptors (Lipinski definition) is 3. The summed E-state index contributed by atoms with van der Waals surface area (Å²) in [6.07, 6.45) is 0.959. The van der Waals surface area contributed by atoms with Gasteiger partial charge < -0.3 is 5.32 Å². The lowest BCUT2D eigenvalue weighted by molar-refractivity contribution is 0.594. The molecule has 0 atom stereocenters. The molecule has 1 aliphatic heterocycles. The fourth-order valence-corrected chi connectivity index (χ4v) is 3.69. The first kappa shape index (κ1) is 12.4. The zero-order valence-electron chi connectivity index (χ0n) is 10.5. The summed E-state index contributed by atoms with van der Waals surface area (Å²) in [6, 6.07) is 14.0. The first-order valence-electron chi connectivity index (χ1n) is 6.30. The van der Waals surface area contributed by atoms with Crippen LogP contribution in [0, 0.1) is 0 Å². The molecule has 19 heavy (non-hydrogen) atoms. The van der Waals surface area contributed by atoms with Crippen LogP contribution in [0.3, 0.4) is 0 Å². The van der Waals surface area contributed by atoms with E-state index >= 15 is 0 Å². The second kappa shape index (κ2) is 4.79. The summed E-state index contributed by atoms with van der Waals surface area (Å²) in [7, 11) is -3.40. The minimum atomic E-state index is -3.40. The van der Waals surface area contributed by atoms with E-state index in [9.17, 15) is 8.42 Å². The standard InChI is InChI=1S/C15H15NO2S/c17-19(18,14-4-2-1-3-5-14)15-7-6-12-8-9-16-11-13(12)10-15/h1-7,10,16H,8-9,11H2. The third kappa shape index (κ3) is 2.29. The van der Waals surface area contributed by atoms with Crippen LogP contribution in [0.25, 0.3) is 0 Å². The molecule has 0 unspecified atom stereocenters. The van der Waals surface area contributed by atoms with E-state index in [2.05, 4.69) is 5.32 Å². The molecule has 2 aromatic rings. The summed E-state index contributed by atoms with van der Waals surface area (Å²) in [5.74, 6) is 0. The molecule has 1 N–H and O–H groups in total. The van der Waals surface area contributed by atoms with Crippen molar-refractivity contribution >= 4 is 9.84 Å². The van der Waals surface area contributed by atoms with E-state index < -0.39 is 9.84 Å². The van der Waals surface area contributed by atoms with Crippen molar-refractivity contribution in [3.05, 3.63) is 59.7 Å². The molecule has 0 fully saturated rings. The van der Waals surface area contributed by atoms with E-state index in [0.717, 1.165) is 25.1 Å². The smallest absolute Gasteiger partial charge is 0.206 e. The van der Waals surface area contributed by atoms with Gasteiger partial charge in [0.15, 0.2) is 0 Å². The Morgan fingerprint density at radius 3 is 2.47 bits per heavy atom. The Labute approximate surface area is 113 Å². The number of hydrogen-bond donors (Lipinski definition) is 1. The fraction of sp³-hybridized carbons (Fsp3) is 0.200. The average molecular weight is 273 g/mol. The highest BCUT2D eigenvalue weighted by atomic mass is 32.2. The van der Waals surface area contributed by atoms with Crippen LogP contribution in [-0.4, -0.2) is 15.0 Å². The van der Waals surface area contributed by atoms with Gasteiger partial charge in [0, 0.05) is 6.54 Å². The van der Waals surface area contributed by atoms with E-state index in [1.54, 1.807) is 36.4 Å². The second-order valence-electron chi connectivity index (χ2n) is 4.67. The van der Waals surface area contributed by atoms with Crippen LogP contribution < -0.4 is 5.32 Å². The third-order valence-corrected chi connectivity index (χ3v) is 5.20. The second-order valence-corrected chi connectivity index (χ2v) is 6.62. The summed E-state index contributed by atoms with van der Waals surface area (Å²) in [5, 5.41) is 3.26. The van der Waals surface area contributed by atoms with Crippen LogP contribution in [0.15, 0.2) is 58.3 Å². The molecule has 3 nitrogen and oxygen atoms in total. The molecule has 3 rings (SSSR count). The van der Waals surface area contributed by atoms with Gasteiger partial charge in [0.25, 0.3) is 0 Å². The highest BCUT2D eigenvalue weighted by Gasteiger charge is 2.19. The maximum atomic E-state index is 12.5. The summed E-state index contributed by atoms with van der Waals surface area (Å²) >= 11 is 0. The summed E-state index contributed by atoms with van der Waals surface area (Å²) in [6.45, 7) is 1.70. The van der Waals surface area contributed by atoms with Crippen molar-refractivity contribution in [1.29, 1.82) is 0 Å². The minimum Gasteiger partial charge on any atom is -0.312 e. The lowest BCUT2D eigenvalue weighted by atomic mass is 10.0. The van der Waals surface area contributed by atoms with Gasteiger partial charge in [0.05, 0.1) is 9.79 Å². The van der Waals surface area contributed by atoms with Crippen LogP contribution in [0.1, 0.15) is 11.1 Å². The van der Waals surface area contributed by atoms with Gasteiger partial charge >= 0.3 is 0 Å². The van der Waals surface area contributed by atoms with Crippen molar-refractivity contribution in [1.82, 2.24) is 5.32 Å². The maximum absolute atomic E-state index is 12.5. The molecule has 0 bridgehead atoms. The van der Waals surface area contributed by atoms with Crippen LogP contribution in [-0.2, 0) is 22.8 Å². The van der Waals surface area contributed by atoms with Crippen molar-refractivity contribution in [2.45, 2.75) is 22.8 Å². The Hall–Kier alpha value is -1.65. The molecule has 0 aromatic heterocycles. The summed E-state index contributed by atoms with van der Waals surface area (Å²) < 4.78 is 25.0. The molecule has 2 aromatic carbocycles. The van der Waals surface area contributed by atoms with Crippen molar-refractivity contribution in [2.75, 3.05) is 6.54 Å². The van der Waals surface area contributed by atoms with E-state index in [0.29, 0.717) is 9.79 Å². The third-order valence-electron chi connectivity index (χ3n) is 3.43. The Balaban J connectivity index is 2.07. The minimum absolute atomic E-state index is 0.346. The van der Waals surface area contributed by atoms with Gasteiger partial charge in [-0.05, 0) is 48.4 Å². The molecule has 0 spiro atoms. The summed E-state index contributed by atoms with van der Waals surface area (Å²) in [4.78, 5) is 0.722. The van der Waals surface area contributed by atoms with Crippen molar-refractivity contribution in [3.8, 4) is 0 Å². The molecular formula is C15H15NO2S. The molecule has 0 radical (unpaired) electrons. The molecule has 1 heterocycles. The van der Waals surface area contributed by atoms with E-state index in [-0.39, 0.29) is 0 Å². The van der Waals surface area contributed by atoms with Gasteiger partial charge in [0.2, 0.25) is 9.84 Å². The Morgan fingerprint density at radius 2 is 1.68 bits per heavy atom. The van der Waals surface area contributed by atoms with Crippen LogP contribution in [0.5, 0.6) is 0 Å². The zero-order chi connectivity index (χ0) is 13.3. The first-order valence-corrected chi connectivity index (χ1v) is 7.79. The SMILES string of the molecule is O=S(=O)(c1ccccc1)c1ccc2c(c1)CNCC2. The van der Waals surface area contributed by atoms with Gasteiger partial charge in [-0.3, -0.25) is 0 Å². The Bertz CT molecular complexity index is 693. The predicted molar refractivity (Wildman–Crippen MR) is 73.7 cm³/mol. The number of sulfone groups is 1. The maximum Gasteiger partial charge on any atom is 0.206 e. The van der Waals surface area contributed by atoms with E-state index in [1.807, 2.05) is 12.1 Å². The number of benzene rings is 2. The van der Waals surface area contributed by atoms with Crippen molar-refractivity contribution < 1.29 is 8.42 Å². The van der Waals surface area contributed by atoms with Crippen molar-refractivity contribution in [2.24, 2.45) is 0 Å². The van der Waals surface area contributed by atoms with Crippen LogP contribution in [0.2, 0.25) is 0 Å². The van der Waals surface area contributed by atoms with E-state index in [1.165, 1.54) is 5.56 Å². The van der Waals surface area contributed by atoms with Crippen LogP contribution in [0.4, 0.5) is 0 Å². The first-order chi connectivity index (χ1) is 9.18. The highest BCUT2D eigenvalue weighted by Crippen LogP contribution is 2.24. The highest BCUT2D eigenvalue weighted by molar-refractivity contribution is 7.91. The van der Waals surface area contributed by atoms with Gasteiger partial charge in [-0.25, -0.2) is 8.42 Å². The Kier molecular flexibility index (Phi) is 3.12. The number of rotatable bonds is 2. The predicted octanol–water partition coefficient (Wildman–Crippen LogP) is 2.17. The molecule has 0 saturated carbocycles. The molecule has 0 aliphatic carbocycles. The quantitative estimate of drug-likeness (QED) is 0.912. The normalized spacial score (nSPS) is 14.9. The topological polar surface area (TPSA) is 46.2 Å². The lowest BCUT2D eigenvalue weighted by Crippen LogP contribution is -2.23. The zero-order valence-corrected chi connectivity index (χ0v) is 11.3. The summed E-state index contributed by atoms with van der Waals surface area (Å²) in [5.41, 5.74) is 2.33.